The van der Waals surface area contributed by atoms with E-state index < -0.39 is 11.7 Å². The van der Waals surface area contributed by atoms with Crippen molar-refractivity contribution in [2.45, 2.75) is 0 Å². The summed E-state index contributed by atoms with van der Waals surface area (Å²) in [5.74, 6) is -0.949. The molecule has 3 aromatic rings. The summed E-state index contributed by atoms with van der Waals surface area (Å²) in [6.45, 7) is 0. The zero-order valence-electron chi connectivity index (χ0n) is 10.8. The van der Waals surface area contributed by atoms with E-state index in [4.69, 9.17) is 10.3 Å². The monoisotopic (exact) mass is 298 g/mol. The molecule has 0 aliphatic heterocycles. The number of ketones is 1. The number of hydrogen-bond acceptors (Lipinski definition) is 5. The van der Waals surface area contributed by atoms with Crippen LogP contribution in [0.25, 0.3) is 11.3 Å². The van der Waals surface area contributed by atoms with Gasteiger partial charge in [-0.05, 0) is 11.4 Å². The predicted molar refractivity (Wildman–Crippen MR) is 78.2 cm³/mol. The first-order valence-corrected chi connectivity index (χ1v) is 6.99. The topological polar surface area (TPSA) is 86.2 Å². The van der Waals surface area contributed by atoms with Gasteiger partial charge in [-0.25, -0.2) is 0 Å². The van der Waals surface area contributed by atoms with E-state index in [9.17, 15) is 9.59 Å². The van der Waals surface area contributed by atoms with Gasteiger partial charge in [-0.1, -0.05) is 35.5 Å². The zero-order chi connectivity index (χ0) is 14.8. The smallest absolute Gasteiger partial charge is 0.250 e. The Hall–Kier alpha value is -2.73. The molecule has 0 aliphatic carbocycles. The first-order chi connectivity index (χ1) is 10.2. The molecule has 0 bridgehead atoms. The second-order valence-electron chi connectivity index (χ2n) is 4.30. The van der Waals surface area contributed by atoms with E-state index in [0.717, 1.165) is 16.9 Å². The SMILES string of the molecule is NC(=O)c1ccsc1C(=O)c1cc(-c2ccccc2)no1. The van der Waals surface area contributed by atoms with E-state index in [2.05, 4.69) is 5.16 Å². The van der Waals surface area contributed by atoms with Crippen LogP contribution in [-0.2, 0) is 0 Å². The number of nitrogens with zero attached hydrogens (tertiary/aromatic N) is 1. The van der Waals surface area contributed by atoms with Crippen molar-refractivity contribution < 1.29 is 14.1 Å². The van der Waals surface area contributed by atoms with Gasteiger partial charge in [0.25, 0.3) is 0 Å². The minimum absolute atomic E-state index is 0.0822. The molecule has 0 saturated heterocycles. The Labute approximate surface area is 124 Å². The van der Waals surface area contributed by atoms with Crippen molar-refractivity contribution in [2.24, 2.45) is 5.73 Å². The Morgan fingerprint density at radius 2 is 1.90 bits per heavy atom. The fourth-order valence-corrected chi connectivity index (χ4v) is 2.76. The van der Waals surface area contributed by atoms with Crippen LogP contribution in [0.2, 0.25) is 0 Å². The molecular formula is C15H10N2O3S. The normalized spacial score (nSPS) is 10.5. The first-order valence-electron chi connectivity index (χ1n) is 6.11. The number of hydrogen-bond donors (Lipinski definition) is 1. The summed E-state index contributed by atoms with van der Waals surface area (Å²) in [4.78, 5) is 23.9. The molecule has 0 unspecified atom stereocenters. The fourth-order valence-electron chi connectivity index (χ4n) is 1.92. The summed E-state index contributed by atoms with van der Waals surface area (Å²) in [5, 5.41) is 5.53. The van der Waals surface area contributed by atoms with Crippen molar-refractivity contribution in [1.29, 1.82) is 0 Å². The maximum atomic E-state index is 12.3. The molecule has 6 heteroatoms. The highest BCUT2D eigenvalue weighted by molar-refractivity contribution is 7.12. The van der Waals surface area contributed by atoms with Crippen molar-refractivity contribution in [1.82, 2.24) is 5.16 Å². The molecule has 5 nitrogen and oxygen atoms in total. The van der Waals surface area contributed by atoms with E-state index in [1.807, 2.05) is 30.3 Å². The Kier molecular flexibility index (Phi) is 3.37. The van der Waals surface area contributed by atoms with E-state index in [1.165, 1.54) is 6.07 Å². The lowest BCUT2D eigenvalue weighted by Gasteiger charge is -1.95. The summed E-state index contributed by atoms with van der Waals surface area (Å²) >= 11 is 1.15. The lowest BCUT2D eigenvalue weighted by atomic mass is 10.1. The number of aromatic nitrogens is 1. The molecule has 0 aliphatic rings. The molecule has 1 amide bonds. The minimum atomic E-state index is -0.637. The molecule has 0 atom stereocenters. The molecule has 2 aromatic heterocycles. The molecule has 0 spiro atoms. The van der Waals surface area contributed by atoms with Gasteiger partial charge in [-0.15, -0.1) is 11.3 Å². The highest BCUT2D eigenvalue weighted by Crippen LogP contribution is 2.24. The molecule has 21 heavy (non-hydrogen) atoms. The standard InChI is InChI=1S/C15H10N2O3S/c16-15(19)10-6-7-21-14(10)13(18)12-8-11(17-20-12)9-4-2-1-3-5-9/h1-8H,(H2,16,19). The van der Waals surface area contributed by atoms with Gasteiger partial charge in [-0.3, -0.25) is 9.59 Å². The van der Waals surface area contributed by atoms with Crippen molar-refractivity contribution in [3.8, 4) is 11.3 Å². The maximum absolute atomic E-state index is 12.3. The number of carbonyl (C=O) groups excluding carboxylic acids is 2. The van der Waals surface area contributed by atoms with Crippen LogP contribution in [0.4, 0.5) is 0 Å². The third-order valence-electron chi connectivity index (χ3n) is 2.94. The number of primary amides is 1. The lowest BCUT2D eigenvalue weighted by molar-refractivity contribution is 0.0971. The summed E-state index contributed by atoms with van der Waals surface area (Å²) in [7, 11) is 0. The molecule has 2 heterocycles. The van der Waals surface area contributed by atoms with Crippen LogP contribution in [0.1, 0.15) is 25.8 Å². The van der Waals surface area contributed by atoms with Gasteiger partial charge < -0.3 is 10.3 Å². The van der Waals surface area contributed by atoms with E-state index in [1.54, 1.807) is 11.4 Å². The first kappa shape index (κ1) is 13.3. The second-order valence-corrected chi connectivity index (χ2v) is 5.22. The Morgan fingerprint density at radius 3 is 2.62 bits per heavy atom. The summed E-state index contributed by atoms with van der Waals surface area (Å²) < 4.78 is 5.09. The van der Waals surface area contributed by atoms with Crippen LogP contribution in [0.15, 0.2) is 52.4 Å². The lowest BCUT2D eigenvalue weighted by Crippen LogP contribution is -2.14. The van der Waals surface area contributed by atoms with Crippen molar-refractivity contribution in [2.75, 3.05) is 0 Å². The maximum Gasteiger partial charge on any atom is 0.250 e. The molecule has 104 valence electrons. The largest absolute Gasteiger partial charge is 0.366 e. The van der Waals surface area contributed by atoms with E-state index in [0.29, 0.717) is 5.69 Å². The Balaban J connectivity index is 1.95. The van der Waals surface area contributed by atoms with Gasteiger partial charge in [0.1, 0.15) is 5.69 Å². The fraction of sp³-hybridized carbons (Fsp3) is 0. The van der Waals surface area contributed by atoms with Crippen LogP contribution in [0.3, 0.4) is 0 Å². The third-order valence-corrected chi connectivity index (χ3v) is 3.85. The van der Waals surface area contributed by atoms with Crippen molar-refractivity contribution >= 4 is 23.0 Å². The van der Waals surface area contributed by atoms with Crippen molar-refractivity contribution in [3.63, 3.8) is 0 Å². The second kappa shape index (κ2) is 5.34. The van der Waals surface area contributed by atoms with Gasteiger partial charge in [0, 0.05) is 11.6 Å². The van der Waals surface area contributed by atoms with Gasteiger partial charge in [-0.2, -0.15) is 0 Å². The number of carbonyl (C=O) groups is 2. The molecule has 0 radical (unpaired) electrons. The highest BCUT2D eigenvalue weighted by Gasteiger charge is 2.22. The molecule has 0 saturated carbocycles. The number of thiophene rings is 1. The Bertz CT molecular complexity index is 805. The van der Waals surface area contributed by atoms with Crippen LogP contribution in [0, 0.1) is 0 Å². The number of benzene rings is 1. The van der Waals surface area contributed by atoms with Crippen LogP contribution in [0.5, 0.6) is 0 Å². The highest BCUT2D eigenvalue weighted by atomic mass is 32.1. The Morgan fingerprint density at radius 1 is 1.14 bits per heavy atom. The molecule has 0 fully saturated rings. The van der Waals surface area contributed by atoms with Gasteiger partial charge in [0.2, 0.25) is 17.5 Å². The average Bonchev–Trinajstić information content (AvgIpc) is 3.17. The molecule has 3 rings (SSSR count). The molecule has 2 N–H and O–H groups in total. The average molecular weight is 298 g/mol. The minimum Gasteiger partial charge on any atom is -0.366 e. The molecular weight excluding hydrogens is 288 g/mol. The van der Waals surface area contributed by atoms with Crippen LogP contribution >= 0.6 is 11.3 Å². The summed E-state index contributed by atoms with van der Waals surface area (Å²) in [6.07, 6.45) is 0. The van der Waals surface area contributed by atoms with Crippen molar-refractivity contribution in [3.05, 3.63) is 64.0 Å². The summed E-state index contributed by atoms with van der Waals surface area (Å²) in [6, 6.07) is 12.4. The number of rotatable bonds is 4. The quantitative estimate of drug-likeness (QED) is 0.750. The van der Waals surface area contributed by atoms with E-state index >= 15 is 0 Å². The number of nitrogens with two attached hydrogens (primary N) is 1. The predicted octanol–water partition coefficient (Wildman–Crippen LogP) is 2.73. The third kappa shape index (κ3) is 2.48. The van der Waals surface area contributed by atoms with Gasteiger partial charge in [0.15, 0.2) is 0 Å². The zero-order valence-corrected chi connectivity index (χ0v) is 11.6. The number of amides is 1. The van der Waals surface area contributed by atoms with Gasteiger partial charge >= 0.3 is 0 Å². The van der Waals surface area contributed by atoms with Gasteiger partial charge in [0.05, 0.1) is 10.4 Å². The summed E-state index contributed by atoms with van der Waals surface area (Å²) in [5.41, 5.74) is 6.85. The van der Waals surface area contributed by atoms with E-state index in [-0.39, 0.29) is 16.2 Å². The molecule has 1 aromatic carbocycles. The van der Waals surface area contributed by atoms with Crippen LogP contribution < -0.4 is 5.73 Å². The van der Waals surface area contributed by atoms with Crippen LogP contribution in [-0.4, -0.2) is 16.8 Å².